The number of nitrogens with two attached hydrogens (primary N) is 1. The van der Waals surface area contributed by atoms with Crippen LogP contribution in [0, 0.1) is 11.3 Å². The molecule has 0 saturated carbocycles. The van der Waals surface area contributed by atoms with Gasteiger partial charge in [-0.1, -0.05) is 27.7 Å². The van der Waals surface area contributed by atoms with Gasteiger partial charge < -0.3 is 0 Å². The maximum Gasteiger partial charge on any atom is 0.0538 e. The van der Waals surface area contributed by atoms with Crippen molar-refractivity contribution in [1.82, 2.24) is 15.2 Å². The van der Waals surface area contributed by atoms with Gasteiger partial charge in [0.05, 0.1) is 6.20 Å². The highest BCUT2D eigenvalue weighted by molar-refractivity contribution is 5.10. The Balaban J connectivity index is 2.70. The van der Waals surface area contributed by atoms with Crippen molar-refractivity contribution in [1.29, 1.82) is 0 Å². The number of hydrogen-bond donors (Lipinski definition) is 2. The molecule has 16 heavy (non-hydrogen) atoms. The van der Waals surface area contributed by atoms with Crippen LogP contribution in [0.3, 0.4) is 0 Å². The van der Waals surface area contributed by atoms with Gasteiger partial charge >= 0.3 is 0 Å². The predicted molar refractivity (Wildman–Crippen MR) is 66.5 cm³/mol. The first-order valence-electron chi connectivity index (χ1n) is 5.79. The summed E-state index contributed by atoms with van der Waals surface area (Å²) in [5.41, 5.74) is 4.34. The Hall–Kier alpha value is -0.870. The van der Waals surface area contributed by atoms with Crippen LogP contribution in [0.1, 0.15) is 45.7 Å². The van der Waals surface area contributed by atoms with E-state index in [2.05, 4.69) is 38.2 Å². The van der Waals surface area contributed by atoms with Gasteiger partial charge in [-0.25, -0.2) is 0 Å². The van der Waals surface area contributed by atoms with Crippen LogP contribution in [0.2, 0.25) is 0 Å². The molecule has 1 heterocycles. The van der Waals surface area contributed by atoms with E-state index in [1.807, 2.05) is 19.4 Å². The number of aryl methyl sites for hydroxylation is 1. The van der Waals surface area contributed by atoms with E-state index < -0.39 is 0 Å². The van der Waals surface area contributed by atoms with Gasteiger partial charge in [-0.05, 0) is 17.8 Å². The quantitative estimate of drug-likeness (QED) is 0.607. The van der Waals surface area contributed by atoms with Crippen LogP contribution in [0.5, 0.6) is 0 Å². The third-order valence-corrected chi connectivity index (χ3v) is 3.40. The predicted octanol–water partition coefficient (Wildman–Crippen LogP) is 2.00. The van der Waals surface area contributed by atoms with Crippen LogP contribution in [-0.4, -0.2) is 9.78 Å². The van der Waals surface area contributed by atoms with E-state index >= 15 is 0 Å². The van der Waals surface area contributed by atoms with Gasteiger partial charge in [0.2, 0.25) is 0 Å². The third kappa shape index (κ3) is 3.32. The van der Waals surface area contributed by atoms with Crippen molar-refractivity contribution >= 4 is 0 Å². The summed E-state index contributed by atoms with van der Waals surface area (Å²) in [5.74, 6) is 6.21. The molecule has 92 valence electrons. The lowest BCUT2D eigenvalue weighted by atomic mass is 9.78. The van der Waals surface area contributed by atoms with Crippen LogP contribution in [0.4, 0.5) is 0 Å². The number of rotatable bonds is 4. The van der Waals surface area contributed by atoms with Crippen molar-refractivity contribution in [3.05, 3.63) is 18.0 Å². The molecule has 0 radical (unpaired) electrons. The van der Waals surface area contributed by atoms with Gasteiger partial charge in [0.1, 0.15) is 0 Å². The Morgan fingerprint density at radius 1 is 1.50 bits per heavy atom. The Morgan fingerprint density at radius 3 is 2.50 bits per heavy atom. The van der Waals surface area contributed by atoms with E-state index in [-0.39, 0.29) is 6.04 Å². The first-order chi connectivity index (χ1) is 7.34. The topological polar surface area (TPSA) is 55.9 Å². The normalized spacial score (nSPS) is 16.1. The van der Waals surface area contributed by atoms with E-state index in [1.54, 1.807) is 4.68 Å². The molecule has 3 N–H and O–H groups in total. The lowest BCUT2D eigenvalue weighted by molar-refractivity contribution is 0.223. The Kier molecular flexibility index (Phi) is 4.10. The van der Waals surface area contributed by atoms with E-state index in [0.29, 0.717) is 11.3 Å². The van der Waals surface area contributed by atoms with Crippen molar-refractivity contribution in [3.8, 4) is 0 Å². The molecule has 0 aliphatic carbocycles. The minimum atomic E-state index is 0.183. The summed E-state index contributed by atoms with van der Waals surface area (Å²) in [7, 11) is 1.92. The minimum absolute atomic E-state index is 0.183. The van der Waals surface area contributed by atoms with Crippen LogP contribution in [0.25, 0.3) is 0 Å². The lowest BCUT2D eigenvalue weighted by Gasteiger charge is -2.30. The smallest absolute Gasteiger partial charge is 0.0538 e. The first kappa shape index (κ1) is 13.2. The monoisotopic (exact) mass is 224 g/mol. The number of nitrogens with one attached hydrogen (secondary N) is 1. The fraction of sp³-hybridized carbons (Fsp3) is 0.750. The summed E-state index contributed by atoms with van der Waals surface area (Å²) in [4.78, 5) is 0. The molecule has 1 aromatic heterocycles. The van der Waals surface area contributed by atoms with Gasteiger partial charge in [-0.3, -0.25) is 16.0 Å². The van der Waals surface area contributed by atoms with Gasteiger partial charge in [-0.2, -0.15) is 5.10 Å². The summed E-state index contributed by atoms with van der Waals surface area (Å²) < 4.78 is 1.81. The maximum atomic E-state index is 5.62. The SMILES string of the molecule is CC(CC(NN)c1cnn(C)c1)C(C)(C)C. The highest BCUT2D eigenvalue weighted by Crippen LogP contribution is 2.32. The molecule has 0 spiro atoms. The fourth-order valence-electron chi connectivity index (χ4n) is 1.63. The zero-order valence-electron chi connectivity index (χ0n) is 11.0. The zero-order chi connectivity index (χ0) is 12.3. The molecule has 0 aliphatic heterocycles. The molecule has 0 aromatic carbocycles. The molecule has 0 amide bonds. The van der Waals surface area contributed by atoms with Gasteiger partial charge in [0.15, 0.2) is 0 Å². The average molecular weight is 224 g/mol. The molecule has 1 rings (SSSR count). The van der Waals surface area contributed by atoms with Gasteiger partial charge in [0, 0.05) is 24.8 Å². The molecule has 4 nitrogen and oxygen atoms in total. The van der Waals surface area contributed by atoms with Gasteiger partial charge in [-0.15, -0.1) is 0 Å². The molecule has 2 unspecified atom stereocenters. The van der Waals surface area contributed by atoms with Crippen molar-refractivity contribution in [2.45, 2.75) is 40.2 Å². The average Bonchev–Trinajstić information content (AvgIpc) is 2.59. The second-order valence-corrected chi connectivity index (χ2v) is 5.67. The summed E-state index contributed by atoms with van der Waals surface area (Å²) >= 11 is 0. The Bertz CT molecular complexity index is 324. The number of aromatic nitrogens is 2. The molecule has 0 saturated heterocycles. The molecule has 2 atom stereocenters. The molecule has 4 heteroatoms. The largest absolute Gasteiger partial charge is 0.275 e. The minimum Gasteiger partial charge on any atom is -0.275 e. The van der Waals surface area contributed by atoms with E-state index in [4.69, 9.17) is 5.84 Å². The first-order valence-corrected chi connectivity index (χ1v) is 5.79. The highest BCUT2D eigenvalue weighted by Gasteiger charge is 2.24. The van der Waals surface area contributed by atoms with E-state index in [1.165, 1.54) is 0 Å². The van der Waals surface area contributed by atoms with Crippen LogP contribution in [0.15, 0.2) is 12.4 Å². The molecule has 1 aromatic rings. The molecular weight excluding hydrogens is 200 g/mol. The maximum absolute atomic E-state index is 5.62. The molecule has 0 bridgehead atoms. The highest BCUT2D eigenvalue weighted by atomic mass is 15.3. The van der Waals surface area contributed by atoms with Crippen molar-refractivity contribution in [2.24, 2.45) is 24.2 Å². The van der Waals surface area contributed by atoms with Crippen molar-refractivity contribution in [3.63, 3.8) is 0 Å². The van der Waals surface area contributed by atoms with E-state index in [9.17, 15) is 0 Å². The van der Waals surface area contributed by atoms with Crippen LogP contribution in [-0.2, 0) is 7.05 Å². The van der Waals surface area contributed by atoms with Gasteiger partial charge in [0.25, 0.3) is 0 Å². The Morgan fingerprint density at radius 2 is 2.12 bits per heavy atom. The second-order valence-electron chi connectivity index (χ2n) is 5.67. The lowest BCUT2D eigenvalue weighted by Crippen LogP contribution is -2.31. The number of nitrogens with zero attached hydrogens (tertiary/aromatic N) is 2. The third-order valence-electron chi connectivity index (χ3n) is 3.40. The van der Waals surface area contributed by atoms with Crippen molar-refractivity contribution in [2.75, 3.05) is 0 Å². The van der Waals surface area contributed by atoms with E-state index in [0.717, 1.165) is 12.0 Å². The zero-order valence-corrected chi connectivity index (χ0v) is 11.0. The summed E-state index contributed by atoms with van der Waals surface area (Å²) in [6.45, 7) is 9.04. The molecule has 0 aliphatic rings. The van der Waals surface area contributed by atoms with Crippen molar-refractivity contribution < 1.29 is 0 Å². The summed E-state index contributed by atoms with van der Waals surface area (Å²) in [5, 5.41) is 4.18. The fourth-order valence-corrected chi connectivity index (χ4v) is 1.63. The Labute approximate surface area is 98.2 Å². The summed E-state index contributed by atoms with van der Waals surface area (Å²) in [6.07, 6.45) is 4.91. The standard InChI is InChI=1S/C12H24N4/c1-9(12(2,3)4)6-11(15-13)10-7-14-16(5)8-10/h7-9,11,15H,6,13H2,1-5H3. The van der Waals surface area contributed by atoms with Crippen LogP contribution >= 0.6 is 0 Å². The molecule has 0 fully saturated rings. The number of hydrogen-bond acceptors (Lipinski definition) is 3. The second kappa shape index (κ2) is 4.97. The molecular formula is C12H24N4. The van der Waals surface area contributed by atoms with Crippen LogP contribution < -0.4 is 11.3 Å². The number of hydrazine groups is 1. The summed E-state index contributed by atoms with van der Waals surface area (Å²) in [6, 6.07) is 0.183.